The van der Waals surface area contributed by atoms with Crippen LogP contribution in [-0.4, -0.2) is 28.6 Å². The molecule has 2 heterocycles. The second-order valence-electron chi connectivity index (χ2n) is 5.48. The Morgan fingerprint density at radius 3 is 2.68 bits per heavy atom. The van der Waals surface area contributed by atoms with Gasteiger partial charge in [0.2, 0.25) is 0 Å². The molecule has 1 N–H and O–H groups in total. The molecule has 2 aromatic rings. The average molecular weight is 345 g/mol. The van der Waals surface area contributed by atoms with Gasteiger partial charge in [0.25, 0.3) is 11.5 Å². The molecule has 1 aliphatic heterocycles. The lowest BCUT2D eigenvalue weighted by Crippen LogP contribution is -2.39. The second kappa shape index (κ2) is 6.39. The van der Waals surface area contributed by atoms with Crippen LogP contribution in [0.5, 0.6) is 5.75 Å². The van der Waals surface area contributed by atoms with Gasteiger partial charge in [-0.2, -0.15) is 0 Å². The number of aryl methyl sites for hydroxylation is 1. The Morgan fingerprint density at radius 1 is 1.28 bits per heavy atom. The van der Waals surface area contributed by atoms with Crippen molar-refractivity contribution in [3.63, 3.8) is 0 Å². The second-order valence-corrected chi connectivity index (χ2v) is 5.48. The summed E-state index contributed by atoms with van der Waals surface area (Å²) in [6.45, 7) is 5.35. The van der Waals surface area contributed by atoms with E-state index in [2.05, 4.69) is 11.6 Å². The number of benzene rings is 1. The van der Waals surface area contributed by atoms with Crippen molar-refractivity contribution in [2.45, 2.75) is 13.3 Å². The van der Waals surface area contributed by atoms with E-state index in [1.165, 1.54) is 23.1 Å². The van der Waals surface area contributed by atoms with E-state index in [-0.39, 0.29) is 36.2 Å². The van der Waals surface area contributed by atoms with Gasteiger partial charge in [-0.05, 0) is 12.5 Å². The van der Waals surface area contributed by atoms with Gasteiger partial charge in [0.1, 0.15) is 5.75 Å². The third-order valence-corrected chi connectivity index (χ3v) is 3.89. The van der Waals surface area contributed by atoms with Crippen LogP contribution in [0.15, 0.2) is 40.4 Å². The lowest BCUT2D eigenvalue weighted by atomic mass is 10.2. The number of fused-ring (bicyclic) bond motifs is 1. The Bertz CT molecular complexity index is 946. The minimum Gasteiger partial charge on any atom is -0.481 e. The van der Waals surface area contributed by atoms with Crippen LogP contribution in [0.4, 0.5) is 10.1 Å². The fourth-order valence-corrected chi connectivity index (χ4v) is 2.67. The quantitative estimate of drug-likeness (QED) is 0.842. The highest BCUT2D eigenvalue weighted by molar-refractivity contribution is 5.98. The summed E-state index contributed by atoms with van der Waals surface area (Å²) < 4.78 is 20.4. The highest BCUT2D eigenvalue weighted by Crippen LogP contribution is 2.35. The van der Waals surface area contributed by atoms with E-state index < -0.39 is 17.1 Å². The first kappa shape index (κ1) is 16.7. The topological polar surface area (TPSA) is 84.4 Å². The molecule has 8 heteroatoms. The number of aromatic amines is 1. The Kier molecular flexibility index (Phi) is 4.26. The maximum absolute atomic E-state index is 14.5. The van der Waals surface area contributed by atoms with E-state index >= 15 is 0 Å². The van der Waals surface area contributed by atoms with E-state index in [1.807, 2.05) is 0 Å². The van der Waals surface area contributed by atoms with Crippen molar-refractivity contribution in [1.82, 2.24) is 9.55 Å². The summed E-state index contributed by atoms with van der Waals surface area (Å²) in [6, 6.07) is 3.56. The summed E-state index contributed by atoms with van der Waals surface area (Å²) in [4.78, 5) is 40.4. The van der Waals surface area contributed by atoms with Crippen LogP contribution in [0.25, 0.3) is 5.69 Å². The van der Waals surface area contributed by atoms with Gasteiger partial charge in [-0.25, -0.2) is 13.8 Å². The van der Waals surface area contributed by atoms with Crippen molar-refractivity contribution in [1.29, 1.82) is 0 Å². The van der Waals surface area contributed by atoms with Gasteiger partial charge in [0, 0.05) is 24.4 Å². The zero-order chi connectivity index (χ0) is 18.1. The molecule has 1 aromatic carbocycles. The Morgan fingerprint density at radius 2 is 2.04 bits per heavy atom. The third-order valence-electron chi connectivity index (χ3n) is 3.89. The maximum Gasteiger partial charge on any atom is 0.333 e. The minimum absolute atomic E-state index is 0.164. The predicted octanol–water partition coefficient (Wildman–Crippen LogP) is 1.14. The lowest BCUT2D eigenvalue weighted by molar-refractivity contribution is -0.121. The molecule has 1 amide bonds. The Balaban J connectivity index is 2.23. The van der Waals surface area contributed by atoms with Crippen molar-refractivity contribution in [2.24, 2.45) is 0 Å². The normalized spacial score (nSPS) is 13.4. The Labute approximate surface area is 142 Å². The first-order chi connectivity index (χ1) is 12.0. The first-order valence-corrected chi connectivity index (χ1v) is 7.69. The highest BCUT2D eigenvalue weighted by atomic mass is 19.1. The zero-order valence-electron chi connectivity index (χ0n) is 13.5. The van der Waals surface area contributed by atoms with Crippen LogP contribution in [0, 0.1) is 5.82 Å². The molecule has 0 bridgehead atoms. The van der Waals surface area contributed by atoms with Gasteiger partial charge >= 0.3 is 5.69 Å². The van der Waals surface area contributed by atoms with E-state index in [0.717, 1.165) is 6.07 Å². The predicted molar refractivity (Wildman–Crippen MR) is 90.0 cm³/mol. The van der Waals surface area contributed by atoms with Crippen LogP contribution in [0.2, 0.25) is 0 Å². The number of nitrogens with zero attached hydrogens (tertiary/aromatic N) is 2. The molecule has 3 rings (SSSR count). The van der Waals surface area contributed by atoms with E-state index in [9.17, 15) is 18.8 Å². The van der Waals surface area contributed by atoms with Gasteiger partial charge in [-0.15, -0.1) is 6.58 Å². The molecule has 25 heavy (non-hydrogen) atoms. The molecule has 7 nitrogen and oxygen atoms in total. The molecule has 0 radical (unpaired) electrons. The van der Waals surface area contributed by atoms with Crippen molar-refractivity contribution < 1.29 is 13.9 Å². The van der Waals surface area contributed by atoms with Crippen molar-refractivity contribution >= 4 is 11.6 Å². The smallest absolute Gasteiger partial charge is 0.333 e. The summed E-state index contributed by atoms with van der Waals surface area (Å²) in [5.41, 5.74) is -0.922. The van der Waals surface area contributed by atoms with Gasteiger partial charge < -0.3 is 14.6 Å². The molecule has 0 unspecified atom stereocenters. The fraction of sp³-hybridized carbons (Fsp3) is 0.235. The summed E-state index contributed by atoms with van der Waals surface area (Å²) in [5, 5.41) is 0. The number of anilines is 1. The molecule has 0 aliphatic carbocycles. The van der Waals surface area contributed by atoms with Crippen LogP contribution in [0.1, 0.15) is 12.6 Å². The largest absolute Gasteiger partial charge is 0.481 e. The van der Waals surface area contributed by atoms with Crippen molar-refractivity contribution in [3.8, 4) is 11.4 Å². The van der Waals surface area contributed by atoms with Crippen LogP contribution in [0.3, 0.4) is 0 Å². The number of nitrogens with one attached hydrogen (secondary N) is 1. The monoisotopic (exact) mass is 345 g/mol. The fourth-order valence-electron chi connectivity index (χ4n) is 2.67. The van der Waals surface area contributed by atoms with Crippen LogP contribution < -0.4 is 20.9 Å². The van der Waals surface area contributed by atoms with Crippen LogP contribution in [-0.2, 0) is 11.2 Å². The van der Waals surface area contributed by atoms with Crippen molar-refractivity contribution in [3.05, 3.63) is 63.2 Å². The number of hydrogen-bond donors (Lipinski definition) is 1. The van der Waals surface area contributed by atoms with E-state index in [1.54, 1.807) is 6.92 Å². The molecular formula is C17H16FN3O4. The molecule has 0 atom stereocenters. The lowest BCUT2D eigenvalue weighted by Gasteiger charge is -2.29. The number of halogens is 1. The van der Waals surface area contributed by atoms with Gasteiger partial charge in [0.15, 0.2) is 12.4 Å². The molecule has 130 valence electrons. The highest BCUT2D eigenvalue weighted by Gasteiger charge is 2.27. The maximum atomic E-state index is 14.5. The molecule has 0 saturated carbocycles. The molecule has 0 saturated heterocycles. The molecule has 0 fully saturated rings. The first-order valence-electron chi connectivity index (χ1n) is 7.69. The SMILES string of the molecule is C=CCN1C(=O)COc2cc(F)c(-n3c(=O)cc(CC)[nH]c3=O)cc21. The standard InChI is InChI=1S/C17H16FN3O4/c1-3-5-20-13-8-12(11(18)7-14(13)25-9-16(20)23)21-15(22)6-10(4-2)19-17(21)24/h3,6-8H,1,4-5,9H2,2H3,(H,19,24). The van der Waals surface area contributed by atoms with Crippen molar-refractivity contribution in [2.75, 3.05) is 18.1 Å². The number of rotatable bonds is 4. The molecule has 0 spiro atoms. The minimum atomic E-state index is -0.802. The van der Waals surface area contributed by atoms with Gasteiger partial charge in [-0.3, -0.25) is 9.59 Å². The summed E-state index contributed by atoms with van der Waals surface area (Å²) in [7, 11) is 0. The number of ether oxygens (including phenoxy) is 1. The number of carbonyl (C=O) groups is 1. The zero-order valence-corrected chi connectivity index (χ0v) is 13.5. The number of hydrogen-bond acceptors (Lipinski definition) is 4. The number of amides is 1. The summed E-state index contributed by atoms with van der Waals surface area (Å²) >= 11 is 0. The molecular weight excluding hydrogens is 329 g/mol. The summed E-state index contributed by atoms with van der Waals surface area (Å²) in [5.74, 6) is -0.964. The molecule has 1 aromatic heterocycles. The Hall–Kier alpha value is -3.16. The van der Waals surface area contributed by atoms with E-state index in [4.69, 9.17) is 4.74 Å². The van der Waals surface area contributed by atoms with Gasteiger partial charge in [0.05, 0.1) is 11.4 Å². The van der Waals surface area contributed by atoms with Crippen LogP contribution >= 0.6 is 0 Å². The number of carbonyl (C=O) groups excluding carboxylic acids is 1. The van der Waals surface area contributed by atoms with Gasteiger partial charge in [-0.1, -0.05) is 13.0 Å². The third kappa shape index (κ3) is 2.86. The number of H-pyrrole nitrogens is 1. The van der Waals surface area contributed by atoms with E-state index in [0.29, 0.717) is 16.7 Å². The average Bonchev–Trinajstić information content (AvgIpc) is 2.57. The molecule has 1 aliphatic rings. The number of aromatic nitrogens is 2. The summed E-state index contributed by atoms with van der Waals surface area (Å²) in [6.07, 6.45) is 1.98.